The quantitative estimate of drug-likeness (QED) is 0.406. The van der Waals surface area contributed by atoms with Crippen molar-refractivity contribution >= 4 is 12.0 Å². The molecule has 1 amide bonds. The maximum absolute atomic E-state index is 13.9. The first-order valence-electron chi connectivity index (χ1n) is 13.8. The summed E-state index contributed by atoms with van der Waals surface area (Å²) in [5.41, 5.74) is 2.79. The van der Waals surface area contributed by atoms with Gasteiger partial charge in [0.05, 0.1) is 21.3 Å². The molecule has 1 aliphatic carbocycles. The molecule has 2 fully saturated rings. The second kappa shape index (κ2) is 13.7. The Morgan fingerprint density at radius 1 is 1.03 bits per heavy atom. The zero-order valence-corrected chi connectivity index (χ0v) is 23.4. The number of hydrogen-bond donors (Lipinski definition) is 1. The molecule has 1 N–H and O–H groups in total. The molecular formula is C31H43N3O4. The number of amides is 1. The smallest absolute Gasteiger partial charge is 0.254 e. The van der Waals surface area contributed by atoms with Gasteiger partial charge >= 0.3 is 0 Å². The van der Waals surface area contributed by atoms with E-state index in [1.807, 2.05) is 23.1 Å². The molecule has 7 nitrogen and oxygen atoms in total. The van der Waals surface area contributed by atoms with Crippen molar-refractivity contribution in [3.8, 4) is 17.2 Å². The summed E-state index contributed by atoms with van der Waals surface area (Å²) in [7, 11) is 4.71. The molecule has 1 unspecified atom stereocenters. The van der Waals surface area contributed by atoms with E-state index in [4.69, 9.17) is 14.2 Å². The predicted octanol–water partition coefficient (Wildman–Crippen LogP) is 4.86. The predicted molar refractivity (Wildman–Crippen MR) is 152 cm³/mol. The van der Waals surface area contributed by atoms with Crippen LogP contribution in [-0.2, 0) is 0 Å². The van der Waals surface area contributed by atoms with Crippen molar-refractivity contribution in [1.82, 2.24) is 15.1 Å². The van der Waals surface area contributed by atoms with Gasteiger partial charge in [0.1, 0.15) is 0 Å². The van der Waals surface area contributed by atoms with Crippen molar-refractivity contribution in [2.24, 2.45) is 0 Å². The van der Waals surface area contributed by atoms with Crippen LogP contribution in [0.15, 0.2) is 48.0 Å². The van der Waals surface area contributed by atoms with Crippen molar-refractivity contribution in [2.45, 2.75) is 51.1 Å². The van der Waals surface area contributed by atoms with E-state index in [9.17, 15) is 4.79 Å². The lowest BCUT2D eigenvalue weighted by Crippen LogP contribution is -2.47. The molecule has 38 heavy (non-hydrogen) atoms. The second-order valence-electron chi connectivity index (χ2n) is 10.5. The average Bonchev–Trinajstić information content (AvgIpc) is 3.76. The Labute approximate surface area is 227 Å². The van der Waals surface area contributed by atoms with Crippen LogP contribution in [0.2, 0.25) is 0 Å². The van der Waals surface area contributed by atoms with Gasteiger partial charge in [-0.3, -0.25) is 4.79 Å². The van der Waals surface area contributed by atoms with Crippen LogP contribution in [0.4, 0.5) is 0 Å². The second-order valence-corrected chi connectivity index (χ2v) is 10.5. The van der Waals surface area contributed by atoms with Gasteiger partial charge in [-0.05, 0) is 69.8 Å². The third-order valence-corrected chi connectivity index (χ3v) is 7.31. The maximum Gasteiger partial charge on any atom is 0.254 e. The Balaban J connectivity index is 1.47. The van der Waals surface area contributed by atoms with Gasteiger partial charge < -0.3 is 29.3 Å². The summed E-state index contributed by atoms with van der Waals surface area (Å²) in [4.78, 5) is 18.4. The Kier molecular flexibility index (Phi) is 10.1. The van der Waals surface area contributed by atoms with Gasteiger partial charge in [0, 0.05) is 37.3 Å². The summed E-state index contributed by atoms with van der Waals surface area (Å²) in [6.07, 6.45) is 8.22. The summed E-state index contributed by atoms with van der Waals surface area (Å²) >= 11 is 0. The number of carbonyl (C=O) groups excluding carboxylic acids is 1. The van der Waals surface area contributed by atoms with E-state index in [-0.39, 0.29) is 5.91 Å². The van der Waals surface area contributed by atoms with Gasteiger partial charge in [0.15, 0.2) is 11.5 Å². The molecule has 1 aliphatic heterocycles. The molecule has 206 valence electrons. The number of methoxy groups -OCH3 is 3. The van der Waals surface area contributed by atoms with Gasteiger partial charge in [-0.2, -0.15) is 0 Å². The van der Waals surface area contributed by atoms with E-state index < -0.39 is 0 Å². The Morgan fingerprint density at radius 3 is 2.37 bits per heavy atom. The van der Waals surface area contributed by atoms with E-state index in [1.54, 1.807) is 33.5 Å². The van der Waals surface area contributed by atoms with Crippen LogP contribution in [-0.4, -0.2) is 81.8 Å². The normalized spacial score (nSPS) is 18.2. The van der Waals surface area contributed by atoms with E-state index in [0.29, 0.717) is 41.9 Å². The first-order chi connectivity index (χ1) is 18.5. The number of nitrogens with one attached hydrogen (secondary N) is 1. The molecule has 7 heteroatoms. The van der Waals surface area contributed by atoms with E-state index >= 15 is 0 Å². The van der Waals surface area contributed by atoms with Gasteiger partial charge in [-0.15, -0.1) is 0 Å². The number of hydrogen-bond acceptors (Lipinski definition) is 6. The van der Waals surface area contributed by atoms with Crippen LogP contribution in [0.5, 0.6) is 17.2 Å². The van der Waals surface area contributed by atoms with Crippen LogP contribution < -0.4 is 19.5 Å². The van der Waals surface area contributed by atoms with Crippen molar-refractivity contribution in [2.75, 3.05) is 54.1 Å². The summed E-state index contributed by atoms with van der Waals surface area (Å²) in [6, 6.07) is 15.1. The lowest BCUT2D eigenvalue weighted by molar-refractivity contribution is 0.0758. The van der Waals surface area contributed by atoms with Crippen molar-refractivity contribution in [3.63, 3.8) is 0 Å². The maximum atomic E-state index is 13.9. The van der Waals surface area contributed by atoms with Crippen molar-refractivity contribution in [1.29, 1.82) is 0 Å². The number of likely N-dealkylation sites (tertiary alicyclic amines) is 1. The van der Waals surface area contributed by atoms with E-state index in [1.165, 1.54) is 25.7 Å². The third-order valence-electron chi connectivity index (χ3n) is 7.31. The van der Waals surface area contributed by atoms with Crippen LogP contribution in [0.3, 0.4) is 0 Å². The molecule has 1 saturated heterocycles. The first-order valence-corrected chi connectivity index (χ1v) is 13.8. The molecule has 1 atom stereocenters. The van der Waals surface area contributed by atoms with Crippen LogP contribution in [0.1, 0.15) is 54.9 Å². The molecule has 0 bridgehead atoms. The number of piperidine rings is 1. The fourth-order valence-electron chi connectivity index (χ4n) is 5.28. The number of benzene rings is 2. The van der Waals surface area contributed by atoms with Crippen LogP contribution in [0, 0.1) is 0 Å². The van der Waals surface area contributed by atoms with E-state index in [0.717, 1.165) is 43.2 Å². The highest BCUT2D eigenvalue weighted by atomic mass is 16.5. The first kappa shape index (κ1) is 28.0. The number of ether oxygens (including phenoxy) is 3. The lowest BCUT2D eigenvalue weighted by atomic mass is 10.1. The summed E-state index contributed by atoms with van der Waals surface area (Å²) < 4.78 is 16.5. The number of rotatable bonds is 13. The number of nitrogens with zero attached hydrogens (tertiary/aromatic N) is 2. The zero-order valence-electron chi connectivity index (χ0n) is 23.4. The summed E-state index contributed by atoms with van der Waals surface area (Å²) in [6.45, 7) is 6.54. The minimum Gasteiger partial charge on any atom is -0.493 e. The molecule has 0 aromatic heterocycles. The SMILES string of the molecule is COc1cc(C(=O)N(CCCN2CCCC(NC3CC3)C2)CC(C)=Cc2ccccc2)cc(OC)c1OC. The minimum atomic E-state index is -0.0445. The van der Waals surface area contributed by atoms with E-state index in [2.05, 4.69) is 35.3 Å². The largest absolute Gasteiger partial charge is 0.493 e. The highest BCUT2D eigenvalue weighted by molar-refractivity contribution is 5.96. The summed E-state index contributed by atoms with van der Waals surface area (Å²) in [5, 5.41) is 3.79. The molecule has 4 rings (SSSR count). The van der Waals surface area contributed by atoms with Gasteiger partial charge in [0.25, 0.3) is 5.91 Å². The Bertz CT molecular complexity index is 1060. The standard InChI is InChI=1S/C31H43N3O4/c1-23(18-24-10-6-5-7-11-24)21-34(17-9-16-33-15-8-12-27(22-33)32-26-13-14-26)31(35)25-19-28(36-2)30(38-4)29(20-25)37-3/h5-7,10-11,18-20,26-27,32H,8-9,12-17,21-22H2,1-4H3. The highest BCUT2D eigenvalue weighted by Gasteiger charge is 2.28. The fraction of sp³-hybridized carbons (Fsp3) is 0.516. The van der Waals surface area contributed by atoms with Crippen molar-refractivity contribution in [3.05, 3.63) is 59.2 Å². The molecule has 1 heterocycles. The molecule has 2 aliphatic rings. The minimum absolute atomic E-state index is 0.0445. The molecule has 1 saturated carbocycles. The molecular weight excluding hydrogens is 478 g/mol. The Morgan fingerprint density at radius 2 is 1.74 bits per heavy atom. The summed E-state index contributed by atoms with van der Waals surface area (Å²) in [5.74, 6) is 1.40. The highest BCUT2D eigenvalue weighted by Crippen LogP contribution is 2.38. The Hall–Kier alpha value is -3.03. The molecule has 0 spiro atoms. The van der Waals surface area contributed by atoms with Crippen LogP contribution >= 0.6 is 0 Å². The van der Waals surface area contributed by atoms with Gasteiger partial charge in [0.2, 0.25) is 5.75 Å². The molecule has 0 radical (unpaired) electrons. The van der Waals surface area contributed by atoms with Gasteiger partial charge in [-0.25, -0.2) is 0 Å². The lowest BCUT2D eigenvalue weighted by Gasteiger charge is -2.34. The van der Waals surface area contributed by atoms with Crippen molar-refractivity contribution < 1.29 is 19.0 Å². The third kappa shape index (κ3) is 7.74. The zero-order chi connectivity index (χ0) is 26.9. The average molecular weight is 522 g/mol. The molecule has 2 aromatic rings. The van der Waals surface area contributed by atoms with Crippen LogP contribution in [0.25, 0.3) is 6.08 Å². The topological polar surface area (TPSA) is 63.3 Å². The van der Waals surface area contributed by atoms with Gasteiger partial charge in [-0.1, -0.05) is 42.0 Å². The number of carbonyl (C=O) groups is 1. The monoisotopic (exact) mass is 521 g/mol. The fourth-order valence-corrected chi connectivity index (χ4v) is 5.28. The molecule has 2 aromatic carbocycles.